The number of fused-ring (bicyclic) bond motifs is 1. The van der Waals surface area contributed by atoms with Gasteiger partial charge >= 0.3 is 6.18 Å². The molecule has 0 bridgehead atoms. The van der Waals surface area contributed by atoms with E-state index < -0.39 is 11.7 Å². The second kappa shape index (κ2) is 7.78. The molecule has 0 aliphatic carbocycles. The molecule has 0 unspecified atom stereocenters. The standard InChI is InChI=1S/C18H18F3N5OS/c1-10-14(11(2)26-16(22-10)24-17(25-26)28-3)8-9-15(27)23-13-6-4-12(5-7-13)18(19,20)21/h4-7H,8-9H2,1-3H3,(H,23,27). The number of amides is 1. The minimum Gasteiger partial charge on any atom is -0.326 e. The van der Waals surface area contributed by atoms with Gasteiger partial charge in [0, 0.05) is 23.5 Å². The normalized spacial score (nSPS) is 11.8. The Balaban J connectivity index is 1.69. The number of hydrogen-bond donors (Lipinski definition) is 1. The smallest absolute Gasteiger partial charge is 0.326 e. The Morgan fingerprint density at radius 3 is 2.46 bits per heavy atom. The maximum atomic E-state index is 12.6. The van der Waals surface area contributed by atoms with Gasteiger partial charge in [0.25, 0.3) is 5.78 Å². The summed E-state index contributed by atoms with van der Waals surface area (Å²) in [5.74, 6) is 0.222. The van der Waals surface area contributed by atoms with E-state index in [1.807, 2.05) is 20.1 Å². The highest BCUT2D eigenvalue weighted by molar-refractivity contribution is 7.98. The zero-order valence-corrected chi connectivity index (χ0v) is 16.3. The summed E-state index contributed by atoms with van der Waals surface area (Å²) < 4.78 is 39.4. The third-order valence-corrected chi connectivity index (χ3v) is 4.85. The lowest BCUT2D eigenvalue weighted by molar-refractivity contribution is -0.137. The summed E-state index contributed by atoms with van der Waals surface area (Å²) in [6, 6.07) is 4.36. The van der Waals surface area contributed by atoms with Gasteiger partial charge in [0.15, 0.2) is 0 Å². The van der Waals surface area contributed by atoms with Crippen LogP contribution in [0.4, 0.5) is 18.9 Å². The van der Waals surface area contributed by atoms with Crippen molar-refractivity contribution in [3.8, 4) is 0 Å². The molecule has 1 amide bonds. The summed E-state index contributed by atoms with van der Waals surface area (Å²) in [6.07, 6.45) is -1.92. The third kappa shape index (κ3) is 4.27. The molecule has 2 heterocycles. The van der Waals surface area contributed by atoms with Gasteiger partial charge in [-0.15, -0.1) is 5.10 Å². The number of halogens is 3. The second-order valence-electron chi connectivity index (χ2n) is 6.19. The van der Waals surface area contributed by atoms with E-state index >= 15 is 0 Å². The fourth-order valence-corrected chi connectivity index (χ4v) is 3.18. The van der Waals surface area contributed by atoms with Crippen molar-refractivity contribution in [2.24, 2.45) is 0 Å². The Hall–Kier alpha value is -2.62. The quantitative estimate of drug-likeness (QED) is 0.644. The van der Waals surface area contributed by atoms with E-state index in [9.17, 15) is 18.0 Å². The number of hydrogen-bond acceptors (Lipinski definition) is 5. The zero-order chi connectivity index (χ0) is 20.5. The van der Waals surface area contributed by atoms with Crippen molar-refractivity contribution in [3.63, 3.8) is 0 Å². The van der Waals surface area contributed by atoms with E-state index in [-0.39, 0.29) is 12.3 Å². The number of alkyl halides is 3. The summed E-state index contributed by atoms with van der Waals surface area (Å²) in [6.45, 7) is 3.74. The van der Waals surface area contributed by atoms with Gasteiger partial charge < -0.3 is 5.32 Å². The van der Waals surface area contributed by atoms with Crippen molar-refractivity contribution < 1.29 is 18.0 Å². The van der Waals surface area contributed by atoms with E-state index in [1.165, 1.54) is 23.9 Å². The number of nitrogens with zero attached hydrogens (tertiary/aromatic N) is 4. The zero-order valence-electron chi connectivity index (χ0n) is 15.5. The Bertz CT molecular complexity index is 1010. The van der Waals surface area contributed by atoms with Crippen molar-refractivity contribution in [1.82, 2.24) is 19.6 Å². The van der Waals surface area contributed by atoms with Crippen LogP contribution in [0.3, 0.4) is 0 Å². The molecule has 0 atom stereocenters. The van der Waals surface area contributed by atoms with Gasteiger partial charge in [-0.05, 0) is 56.4 Å². The van der Waals surface area contributed by atoms with E-state index in [0.717, 1.165) is 29.1 Å². The van der Waals surface area contributed by atoms with Crippen LogP contribution in [0.1, 0.15) is 28.9 Å². The topological polar surface area (TPSA) is 72.2 Å². The Morgan fingerprint density at radius 1 is 1.18 bits per heavy atom. The average molecular weight is 409 g/mol. The summed E-state index contributed by atoms with van der Waals surface area (Å²) >= 11 is 1.42. The van der Waals surface area contributed by atoms with Gasteiger partial charge in [-0.25, -0.2) is 9.50 Å². The van der Waals surface area contributed by atoms with Crippen LogP contribution in [0.25, 0.3) is 5.78 Å². The molecule has 0 aliphatic heterocycles. The summed E-state index contributed by atoms with van der Waals surface area (Å²) in [7, 11) is 0. The van der Waals surface area contributed by atoms with Crippen LogP contribution < -0.4 is 5.32 Å². The number of aromatic nitrogens is 4. The van der Waals surface area contributed by atoms with Gasteiger partial charge in [0.1, 0.15) is 0 Å². The van der Waals surface area contributed by atoms with Gasteiger partial charge in [-0.2, -0.15) is 18.2 Å². The molecule has 10 heteroatoms. The van der Waals surface area contributed by atoms with Crippen LogP contribution in [0.5, 0.6) is 0 Å². The van der Waals surface area contributed by atoms with E-state index in [1.54, 1.807) is 4.52 Å². The predicted octanol–water partition coefficient (Wildman–Crippen LogP) is 4.05. The van der Waals surface area contributed by atoms with Crippen molar-refractivity contribution in [1.29, 1.82) is 0 Å². The first-order valence-corrected chi connectivity index (χ1v) is 9.65. The predicted molar refractivity (Wildman–Crippen MR) is 100 cm³/mol. The number of aryl methyl sites for hydroxylation is 2. The first-order valence-electron chi connectivity index (χ1n) is 8.43. The van der Waals surface area contributed by atoms with Crippen molar-refractivity contribution in [3.05, 3.63) is 46.8 Å². The maximum Gasteiger partial charge on any atom is 0.416 e. The van der Waals surface area contributed by atoms with Crippen LogP contribution >= 0.6 is 11.8 Å². The molecule has 0 spiro atoms. The molecule has 148 valence electrons. The van der Waals surface area contributed by atoms with Crippen LogP contribution in [-0.2, 0) is 17.4 Å². The molecule has 0 fully saturated rings. The summed E-state index contributed by atoms with van der Waals surface area (Å²) in [5, 5.41) is 7.60. The fraction of sp³-hybridized carbons (Fsp3) is 0.333. The molecule has 0 saturated heterocycles. The molecule has 28 heavy (non-hydrogen) atoms. The lowest BCUT2D eigenvalue weighted by Crippen LogP contribution is -2.14. The van der Waals surface area contributed by atoms with Crippen molar-refractivity contribution in [2.75, 3.05) is 11.6 Å². The molecular formula is C18H18F3N5OS. The van der Waals surface area contributed by atoms with Crippen molar-refractivity contribution in [2.45, 2.75) is 38.0 Å². The maximum absolute atomic E-state index is 12.6. The molecular weight excluding hydrogens is 391 g/mol. The molecule has 2 aromatic heterocycles. The number of anilines is 1. The fourth-order valence-electron chi connectivity index (χ4n) is 2.84. The molecule has 3 rings (SSSR count). The van der Waals surface area contributed by atoms with Crippen LogP contribution in [-0.4, -0.2) is 31.7 Å². The Labute approximate surface area is 163 Å². The number of carbonyl (C=O) groups is 1. The third-order valence-electron chi connectivity index (χ3n) is 4.31. The average Bonchev–Trinajstić information content (AvgIpc) is 3.04. The summed E-state index contributed by atoms with van der Waals surface area (Å²) in [4.78, 5) is 21.0. The lowest BCUT2D eigenvalue weighted by atomic mass is 10.1. The second-order valence-corrected chi connectivity index (χ2v) is 6.97. The highest BCUT2D eigenvalue weighted by atomic mass is 32.2. The van der Waals surface area contributed by atoms with E-state index in [2.05, 4.69) is 20.4 Å². The largest absolute Gasteiger partial charge is 0.416 e. The number of nitrogens with one attached hydrogen (secondary N) is 1. The van der Waals surface area contributed by atoms with Gasteiger partial charge in [-0.3, -0.25) is 4.79 Å². The molecule has 0 aliphatic rings. The number of rotatable bonds is 5. The minimum atomic E-state index is -4.40. The highest BCUT2D eigenvalue weighted by Crippen LogP contribution is 2.29. The molecule has 3 aromatic rings. The van der Waals surface area contributed by atoms with Crippen LogP contribution in [0.15, 0.2) is 29.4 Å². The van der Waals surface area contributed by atoms with Gasteiger partial charge in [0.05, 0.1) is 5.56 Å². The monoisotopic (exact) mass is 409 g/mol. The van der Waals surface area contributed by atoms with Gasteiger partial charge in [0.2, 0.25) is 11.1 Å². The molecule has 0 saturated carbocycles. The van der Waals surface area contributed by atoms with E-state index in [4.69, 9.17) is 0 Å². The first-order chi connectivity index (χ1) is 13.2. The molecule has 1 aromatic carbocycles. The highest BCUT2D eigenvalue weighted by Gasteiger charge is 2.30. The lowest BCUT2D eigenvalue weighted by Gasteiger charge is -2.11. The SMILES string of the molecule is CSc1nc2nc(C)c(CCC(=O)Nc3ccc(C(F)(F)F)cc3)c(C)n2n1. The van der Waals surface area contributed by atoms with Gasteiger partial charge in [-0.1, -0.05) is 11.8 Å². The molecule has 0 radical (unpaired) electrons. The minimum absolute atomic E-state index is 0.167. The number of thioether (sulfide) groups is 1. The molecule has 6 nitrogen and oxygen atoms in total. The van der Waals surface area contributed by atoms with Crippen LogP contribution in [0.2, 0.25) is 0 Å². The number of benzene rings is 1. The molecule has 1 N–H and O–H groups in total. The Morgan fingerprint density at radius 2 is 1.86 bits per heavy atom. The van der Waals surface area contributed by atoms with E-state index in [0.29, 0.717) is 23.0 Å². The Kier molecular flexibility index (Phi) is 5.59. The summed E-state index contributed by atoms with van der Waals surface area (Å²) in [5.41, 5.74) is 2.09. The van der Waals surface area contributed by atoms with Crippen molar-refractivity contribution >= 4 is 29.1 Å². The van der Waals surface area contributed by atoms with Crippen LogP contribution in [0, 0.1) is 13.8 Å². The number of carbonyl (C=O) groups excluding carboxylic acids is 1. The first kappa shape index (κ1) is 20.1.